The number of aryl methyl sites for hydroxylation is 2. The number of rotatable bonds is 3. The smallest absolute Gasteiger partial charge is 0.246 e. The van der Waals surface area contributed by atoms with Crippen molar-refractivity contribution in [2.24, 2.45) is 0 Å². The van der Waals surface area contributed by atoms with Crippen LogP contribution in [0.5, 0.6) is 0 Å². The number of hydrogen-bond acceptors (Lipinski definition) is 4. The highest BCUT2D eigenvalue weighted by atomic mass is 16.5. The number of ether oxygens (including phenoxy) is 1. The van der Waals surface area contributed by atoms with Crippen molar-refractivity contribution in [3.63, 3.8) is 0 Å². The van der Waals surface area contributed by atoms with Crippen molar-refractivity contribution < 1.29 is 9.53 Å². The number of hydrogen-bond donors (Lipinski definition) is 0. The Morgan fingerprint density at radius 1 is 1.23 bits per heavy atom. The SMILES string of the molecule is Cc1ccc2c(C#N)c(C=CC(=O)N3CCOCC3)n(C3CCc4ccccc43)c2n1. The molecule has 3 aromatic rings. The lowest BCUT2D eigenvalue weighted by atomic mass is 10.1. The molecule has 1 saturated heterocycles. The summed E-state index contributed by atoms with van der Waals surface area (Å²) in [5.41, 5.74) is 5.62. The Morgan fingerprint density at radius 2 is 2.03 bits per heavy atom. The number of amides is 1. The Labute approximate surface area is 181 Å². The van der Waals surface area contributed by atoms with Crippen LogP contribution in [-0.2, 0) is 16.0 Å². The van der Waals surface area contributed by atoms with Crippen molar-refractivity contribution >= 4 is 23.0 Å². The molecule has 0 radical (unpaired) electrons. The van der Waals surface area contributed by atoms with Gasteiger partial charge in [0.2, 0.25) is 5.91 Å². The van der Waals surface area contributed by atoms with Gasteiger partial charge in [-0.25, -0.2) is 4.98 Å². The van der Waals surface area contributed by atoms with Gasteiger partial charge in [0.05, 0.1) is 30.5 Å². The van der Waals surface area contributed by atoms with Crippen LogP contribution in [0.3, 0.4) is 0 Å². The fourth-order valence-corrected chi connectivity index (χ4v) is 4.73. The third-order valence-electron chi connectivity index (χ3n) is 6.26. The van der Waals surface area contributed by atoms with Crippen molar-refractivity contribution in [1.82, 2.24) is 14.5 Å². The van der Waals surface area contributed by atoms with Crippen LogP contribution < -0.4 is 0 Å². The predicted octanol–water partition coefficient (Wildman–Crippen LogP) is 3.62. The first-order chi connectivity index (χ1) is 15.2. The molecule has 0 saturated carbocycles. The second-order valence-corrected chi connectivity index (χ2v) is 8.09. The van der Waals surface area contributed by atoms with Gasteiger partial charge in [-0.3, -0.25) is 4.79 Å². The Bertz CT molecular complexity index is 1230. The number of morpholine rings is 1. The molecule has 1 fully saturated rings. The fraction of sp³-hybridized carbons (Fsp3) is 0.320. The molecule has 2 aliphatic rings. The third-order valence-corrected chi connectivity index (χ3v) is 6.26. The minimum Gasteiger partial charge on any atom is -0.378 e. The number of nitrogens with zero attached hydrogens (tertiary/aromatic N) is 4. The number of fused-ring (bicyclic) bond motifs is 2. The maximum absolute atomic E-state index is 12.7. The normalized spacial score (nSPS) is 18.5. The summed E-state index contributed by atoms with van der Waals surface area (Å²) in [6.45, 7) is 4.27. The molecule has 0 N–H and O–H groups in total. The zero-order valence-corrected chi connectivity index (χ0v) is 17.5. The van der Waals surface area contributed by atoms with Crippen LogP contribution in [0.25, 0.3) is 17.1 Å². The Kier molecular flexibility index (Phi) is 5.05. The molecule has 1 aliphatic carbocycles. The fourth-order valence-electron chi connectivity index (χ4n) is 4.73. The third kappa shape index (κ3) is 3.41. The van der Waals surface area contributed by atoms with E-state index < -0.39 is 0 Å². The van der Waals surface area contributed by atoms with E-state index in [1.54, 1.807) is 17.1 Å². The molecule has 1 amide bonds. The Hall–Kier alpha value is -3.43. The minimum absolute atomic E-state index is 0.0556. The number of carbonyl (C=O) groups is 1. The van der Waals surface area contributed by atoms with E-state index in [-0.39, 0.29) is 11.9 Å². The molecule has 6 nitrogen and oxygen atoms in total. The number of carbonyl (C=O) groups excluding carboxylic acids is 1. The van der Waals surface area contributed by atoms with E-state index in [1.807, 2.05) is 19.1 Å². The van der Waals surface area contributed by atoms with Crippen molar-refractivity contribution in [2.75, 3.05) is 26.3 Å². The van der Waals surface area contributed by atoms with Gasteiger partial charge in [0.15, 0.2) is 0 Å². The zero-order valence-electron chi connectivity index (χ0n) is 17.5. The monoisotopic (exact) mass is 412 g/mol. The van der Waals surface area contributed by atoms with Crippen molar-refractivity contribution in [2.45, 2.75) is 25.8 Å². The molecule has 0 spiro atoms. The summed E-state index contributed by atoms with van der Waals surface area (Å²) in [4.78, 5) is 19.3. The van der Waals surface area contributed by atoms with Gasteiger partial charge in [-0.05, 0) is 49.1 Å². The molecule has 6 heteroatoms. The summed E-state index contributed by atoms with van der Waals surface area (Å²) in [7, 11) is 0. The lowest BCUT2D eigenvalue weighted by molar-refractivity contribution is -0.129. The summed E-state index contributed by atoms with van der Waals surface area (Å²) in [5.74, 6) is -0.0556. The molecule has 5 rings (SSSR count). The number of benzene rings is 1. The van der Waals surface area contributed by atoms with Crippen LogP contribution in [-0.4, -0.2) is 46.7 Å². The average Bonchev–Trinajstić information content (AvgIpc) is 3.35. The lowest BCUT2D eigenvalue weighted by Gasteiger charge is -2.25. The quantitative estimate of drug-likeness (QED) is 0.616. The van der Waals surface area contributed by atoms with Crippen LogP contribution >= 0.6 is 0 Å². The van der Waals surface area contributed by atoms with Gasteiger partial charge in [-0.15, -0.1) is 0 Å². The van der Waals surface area contributed by atoms with Gasteiger partial charge in [0.25, 0.3) is 0 Å². The van der Waals surface area contributed by atoms with E-state index >= 15 is 0 Å². The molecule has 1 aliphatic heterocycles. The predicted molar refractivity (Wildman–Crippen MR) is 119 cm³/mol. The minimum atomic E-state index is -0.0556. The van der Waals surface area contributed by atoms with E-state index in [9.17, 15) is 10.1 Å². The van der Waals surface area contributed by atoms with Crippen molar-refractivity contribution in [3.05, 3.63) is 70.6 Å². The molecule has 1 aromatic carbocycles. The standard InChI is InChI=1S/C25H24N4O2/c1-17-6-8-20-21(16-26)23(10-11-24(30)28-12-14-31-15-13-28)29(25(20)27-17)22-9-7-18-4-2-3-5-19(18)22/h2-6,8,10-11,22H,7,9,12-15H2,1H3. The topological polar surface area (TPSA) is 71.2 Å². The number of nitriles is 1. The van der Waals surface area contributed by atoms with Gasteiger partial charge >= 0.3 is 0 Å². The van der Waals surface area contributed by atoms with Crippen molar-refractivity contribution in [3.8, 4) is 6.07 Å². The highest BCUT2D eigenvalue weighted by Gasteiger charge is 2.29. The molecule has 31 heavy (non-hydrogen) atoms. The summed E-state index contributed by atoms with van der Waals surface area (Å²) in [6, 6.07) is 14.8. The van der Waals surface area contributed by atoms with Gasteiger partial charge < -0.3 is 14.2 Å². The highest BCUT2D eigenvalue weighted by Crippen LogP contribution is 2.39. The maximum atomic E-state index is 12.7. The van der Waals surface area contributed by atoms with Gasteiger partial charge in [-0.2, -0.15) is 5.26 Å². The van der Waals surface area contributed by atoms with Crippen LogP contribution in [0, 0.1) is 18.3 Å². The summed E-state index contributed by atoms with van der Waals surface area (Å²) in [5, 5.41) is 10.8. The van der Waals surface area contributed by atoms with E-state index in [1.165, 1.54) is 11.1 Å². The van der Waals surface area contributed by atoms with Crippen molar-refractivity contribution in [1.29, 1.82) is 5.26 Å². The summed E-state index contributed by atoms with van der Waals surface area (Å²) in [6.07, 6.45) is 5.32. The Morgan fingerprint density at radius 3 is 2.84 bits per heavy atom. The van der Waals surface area contributed by atoms with E-state index in [2.05, 4.69) is 34.9 Å². The first kappa shape index (κ1) is 19.5. The lowest BCUT2D eigenvalue weighted by Crippen LogP contribution is -2.39. The molecule has 1 atom stereocenters. The van der Waals surface area contributed by atoms with Crippen LogP contribution in [0.4, 0.5) is 0 Å². The second kappa shape index (κ2) is 8.01. The second-order valence-electron chi connectivity index (χ2n) is 8.09. The van der Waals surface area contributed by atoms with Crippen LogP contribution in [0.2, 0.25) is 0 Å². The van der Waals surface area contributed by atoms with E-state index in [0.29, 0.717) is 31.9 Å². The van der Waals surface area contributed by atoms with Crippen LogP contribution in [0.15, 0.2) is 42.5 Å². The maximum Gasteiger partial charge on any atom is 0.246 e. The molecule has 1 unspecified atom stereocenters. The highest BCUT2D eigenvalue weighted by molar-refractivity contribution is 5.95. The molecule has 2 aromatic heterocycles. The average molecular weight is 412 g/mol. The molecule has 156 valence electrons. The largest absolute Gasteiger partial charge is 0.378 e. The molecule has 3 heterocycles. The number of aromatic nitrogens is 2. The van der Waals surface area contributed by atoms with Crippen LogP contribution in [0.1, 0.15) is 40.5 Å². The Balaban J connectivity index is 1.65. The summed E-state index contributed by atoms with van der Waals surface area (Å²) < 4.78 is 7.51. The van der Waals surface area contributed by atoms with Gasteiger partial charge in [0.1, 0.15) is 11.7 Å². The molecular weight excluding hydrogens is 388 g/mol. The first-order valence-electron chi connectivity index (χ1n) is 10.7. The van der Waals surface area contributed by atoms with Gasteiger partial charge in [-0.1, -0.05) is 24.3 Å². The van der Waals surface area contributed by atoms with Gasteiger partial charge in [0, 0.05) is 30.2 Å². The zero-order chi connectivity index (χ0) is 21.4. The molecule has 0 bridgehead atoms. The number of pyridine rings is 1. The molecular formula is C25H24N4O2. The summed E-state index contributed by atoms with van der Waals surface area (Å²) >= 11 is 0. The first-order valence-corrected chi connectivity index (χ1v) is 10.7. The van der Waals surface area contributed by atoms with E-state index in [0.717, 1.165) is 35.3 Å². The van der Waals surface area contributed by atoms with E-state index in [4.69, 9.17) is 9.72 Å².